The maximum Gasteiger partial charge on any atom is 0.123 e. The molecule has 0 saturated heterocycles. The molecule has 1 fully saturated rings. The normalized spacial score (nSPS) is 21.8. The predicted octanol–water partition coefficient (Wildman–Crippen LogP) is 3.34. The van der Waals surface area contributed by atoms with Crippen LogP contribution in [0.15, 0.2) is 43.0 Å². The van der Waals surface area contributed by atoms with E-state index in [4.69, 9.17) is 0 Å². The van der Waals surface area contributed by atoms with Gasteiger partial charge in [0, 0.05) is 25.0 Å². The summed E-state index contributed by atoms with van der Waals surface area (Å²) in [5, 5.41) is 3.68. The van der Waals surface area contributed by atoms with Crippen LogP contribution in [0.25, 0.3) is 0 Å². The number of rotatable bonds is 6. The molecule has 0 spiro atoms. The molecule has 1 aromatic carbocycles. The lowest BCUT2D eigenvalue weighted by molar-refractivity contribution is 0.460. The largest absolute Gasteiger partial charge is 0.337 e. The quantitative estimate of drug-likeness (QED) is 0.826. The van der Waals surface area contributed by atoms with Gasteiger partial charge in [-0.25, -0.2) is 9.37 Å². The fraction of sp³-hybridized carbons (Fsp3) is 0.471. The van der Waals surface area contributed by atoms with Crippen molar-refractivity contribution in [3.05, 3.63) is 54.4 Å². The molecule has 4 heteroatoms. The van der Waals surface area contributed by atoms with E-state index in [1.54, 1.807) is 12.1 Å². The summed E-state index contributed by atoms with van der Waals surface area (Å²) in [7, 11) is 0. The van der Waals surface area contributed by atoms with Gasteiger partial charge in [0.25, 0.3) is 0 Å². The minimum absolute atomic E-state index is 0.151. The van der Waals surface area contributed by atoms with Crippen LogP contribution in [0, 0.1) is 5.82 Å². The SMILES string of the molecule is Fc1ccc([C@H]2CCC[C@H]2NCCCn2ccnc2)cc1. The summed E-state index contributed by atoms with van der Waals surface area (Å²) in [5.41, 5.74) is 1.26. The molecule has 0 bridgehead atoms. The summed E-state index contributed by atoms with van der Waals surface area (Å²) in [6, 6.07) is 7.54. The molecule has 3 nitrogen and oxygen atoms in total. The van der Waals surface area contributed by atoms with Crippen molar-refractivity contribution in [2.75, 3.05) is 6.54 Å². The molecule has 0 unspecified atom stereocenters. The molecule has 0 aliphatic heterocycles. The summed E-state index contributed by atoms with van der Waals surface area (Å²) >= 11 is 0. The molecular formula is C17H22FN3. The van der Waals surface area contributed by atoms with Crippen LogP contribution in [0.4, 0.5) is 4.39 Å². The van der Waals surface area contributed by atoms with Gasteiger partial charge in [-0.3, -0.25) is 0 Å². The van der Waals surface area contributed by atoms with Crippen LogP contribution >= 0.6 is 0 Å². The van der Waals surface area contributed by atoms with Gasteiger partial charge in [-0.2, -0.15) is 0 Å². The average molecular weight is 287 g/mol. The number of benzene rings is 1. The Bertz CT molecular complexity index is 536. The fourth-order valence-corrected chi connectivity index (χ4v) is 3.28. The lowest BCUT2D eigenvalue weighted by Gasteiger charge is -2.21. The molecular weight excluding hydrogens is 265 g/mol. The Balaban J connectivity index is 1.49. The molecule has 112 valence electrons. The van der Waals surface area contributed by atoms with Crippen molar-refractivity contribution in [3.8, 4) is 0 Å². The third-order valence-corrected chi connectivity index (χ3v) is 4.37. The molecule has 1 heterocycles. The van der Waals surface area contributed by atoms with Gasteiger partial charge in [0.15, 0.2) is 0 Å². The van der Waals surface area contributed by atoms with Crippen molar-refractivity contribution in [2.24, 2.45) is 0 Å². The van der Waals surface area contributed by atoms with E-state index in [0.29, 0.717) is 12.0 Å². The lowest BCUT2D eigenvalue weighted by atomic mass is 9.94. The Morgan fingerprint density at radius 2 is 2.10 bits per heavy atom. The molecule has 1 aromatic heterocycles. The molecule has 2 aromatic rings. The van der Waals surface area contributed by atoms with Crippen molar-refractivity contribution in [2.45, 2.75) is 44.2 Å². The molecule has 1 aliphatic carbocycles. The first kappa shape index (κ1) is 14.3. The van der Waals surface area contributed by atoms with Crippen molar-refractivity contribution in [1.29, 1.82) is 0 Å². The monoisotopic (exact) mass is 287 g/mol. The Morgan fingerprint density at radius 1 is 1.24 bits per heavy atom. The first-order valence-electron chi connectivity index (χ1n) is 7.77. The predicted molar refractivity (Wildman–Crippen MR) is 81.6 cm³/mol. The molecule has 3 rings (SSSR count). The summed E-state index contributed by atoms with van der Waals surface area (Å²) in [5.74, 6) is 0.375. The van der Waals surface area contributed by atoms with Crippen LogP contribution in [-0.4, -0.2) is 22.1 Å². The highest BCUT2D eigenvalue weighted by Gasteiger charge is 2.27. The number of hydrogen-bond donors (Lipinski definition) is 1. The fourth-order valence-electron chi connectivity index (χ4n) is 3.28. The molecule has 1 saturated carbocycles. The van der Waals surface area contributed by atoms with E-state index in [1.165, 1.54) is 24.8 Å². The first-order chi connectivity index (χ1) is 10.3. The van der Waals surface area contributed by atoms with Crippen LogP contribution in [0.3, 0.4) is 0 Å². The summed E-state index contributed by atoms with van der Waals surface area (Å²) in [4.78, 5) is 4.05. The van der Waals surface area contributed by atoms with Crippen LogP contribution < -0.4 is 5.32 Å². The molecule has 21 heavy (non-hydrogen) atoms. The van der Waals surface area contributed by atoms with E-state index in [9.17, 15) is 4.39 Å². The smallest absolute Gasteiger partial charge is 0.123 e. The van der Waals surface area contributed by atoms with Gasteiger partial charge >= 0.3 is 0 Å². The summed E-state index contributed by atoms with van der Waals surface area (Å²) in [6.07, 6.45) is 10.4. The Labute approximate surface area is 125 Å². The molecule has 2 atom stereocenters. The topological polar surface area (TPSA) is 29.9 Å². The highest BCUT2D eigenvalue weighted by molar-refractivity contribution is 5.23. The Morgan fingerprint density at radius 3 is 2.86 bits per heavy atom. The number of hydrogen-bond acceptors (Lipinski definition) is 2. The van der Waals surface area contributed by atoms with Gasteiger partial charge in [-0.05, 0) is 49.4 Å². The van der Waals surface area contributed by atoms with Crippen LogP contribution in [-0.2, 0) is 6.54 Å². The van der Waals surface area contributed by atoms with Gasteiger partial charge in [0.2, 0.25) is 0 Å². The molecule has 1 N–H and O–H groups in total. The zero-order chi connectivity index (χ0) is 14.5. The molecule has 0 amide bonds. The lowest BCUT2D eigenvalue weighted by Crippen LogP contribution is -2.32. The molecule has 1 aliphatic rings. The van der Waals surface area contributed by atoms with E-state index in [-0.39, 0.29) is 5.82 Å². The van der Waals surface area contributed by atoms with Crippen molar-refractivity contribution in [3.63, 3.8) is 0 Å². The third kappa shape index (κ3) is 3.70. The maximum absolute atomic E-state index is 13.0. The Hall–Kier alpha value is -1.68. The van der Waals surface area contributed by atoms with Crippen molar-refractivity contribution < 1.29 is 4.39 Å². The highest BCUT2D eigenvalue weighted by atomic mass is 19.1. The average Bonchev–Trinajstić information content (AvgIpc) is 3.16. The number of nitrogens with one attached hydrogen (secondary N) is 1. The third-order valence-electron chi connectivity index (χ3n) is 4.37. The number of halogens is 1. The van der Waals surface area contributed by atoms with Crippen LogP contribution in [0.1, 0.15) is 37.2 Å². The molecule has 0 radical (unpaired) electrons. The van der Waals surface area contributed by atoms with Gasteiger partial charge in [-0.15, -0.1) is 0 Å². The minimum atomic E-state index is -0.151. The number of nitrogens with zero attached hydrogens (tertiary/aromatic N) is 2. The minimum Gasteiger partial charge on any atom is -0.337 e. The van der Waals surface area contributed by atoms with Gasteiger partial charge in [-0.1, -0.05) is 18.6 Å². The second-order valence-corrected chi connectivity index (χ2v) is 5.80. The highest BCUT2D eigenvalue weighted by Crippen LogP contribution is 2.34. The van der Waals surface area contributed by atoms with E-state index >= 15 is 0 Å². The summed E-state index contributed by atoms with van der Waals surface area (Å²) in [6.45, 7) is 2.02. The van der Waals surface area contributed by atoms with Crippen molar-refractivity contribution >= 4 is 0 Å². The Kier molecular flexibility index (Phi) is 4.65. The van der Waals surface area contributed by atoms with Gasteiger partial charge in [0.05, 0.1) is 6.33 Å². The van der Waals surface area contributed by atoms with E-state index in [1.807, 2.05) is 30.9 Å². The van der Waals surface area contributed by atoms with E-state index < -0.39 is 0 Å². The van der Waals surface area contributed by atoms with Gasteiger partial charge < -0.3 is 9.88 Å². The van der Waals surface area contributed by atoms with Crippen molar-refractivity contribution in [1.82, 2.24) is 14.9 Å². The number of aromatic nitrogens is 2. The van der Waals surface area contributed by atoms with E-state index in [0.717, 1.165) is 19.5 Å². The standard InChI is InChI=1S/C17H22FN3/c18-15-7-5-14(6-8-15)16-3-1-4-17(16)20-9-2-11-21-12-10-19-13-21/h5-8,10,12-13,16-17,20H,1-4,9,11H2/t16-,17-/m1/s1. The number of imidazole rings is 1. The number of aryl methyl sites for hydroxylation is 1. The van der Waals surface area contributed by atoms with Gasteiger partial charge in [0.1, 0.15) is 5.82 Å². The zero-order valence-electron chi connectivity index (χ0n) is 12.2. The van der Waals surface area contributed by atoms with Crippen LogP contribution in [0.5, 0.6) is 0 Å². The van der Waals surface area contributed by atoms with Crippen LogP contribution in [0.2, 0.25) is 0 Å². The van der Waals surface area contributed by atoms with E-state index in [2.05, 4.69) is 14.9 Å². The zero-order valence-corrected chi connectivity index (χ0v) is 12.2. The first-order valence-corrected chi connectivity index (χ1v) is 7.77. The maximum atomic E-state index is 13.0. The second kappa shape index (κ2) is 6.85. The second-order valence-electron chi connectivity index (χ2n) is 5.80. The summed E-state index contributed by atoms with van der Waals surface area (Å²) < 4.78 is 15.1.